The van der Waals surface area contributed by atoms with Crippen molar-refractivity contribution in [3.05, 3.63) is 59.7 Å². The van der Waals surface area contributed by atoms with Crippen molar-refractivity contribution in [2.45, 2.75) is 6.54 Å². The summed E-state index contributed by atoms with van der Waals surface area (Å²) in [7, 11) is 1.77. The third-order valence-corrected chi connectivity index (χ3v) is 2.60. The summed E-state index contributed by atoms with van der Waals surface area (Å²) in [5, 5.41) is 2.95. The fourth-order valence-corrected chi connectivity index (χ4v) is 1.84. The van der Waals surface area contributed by atoms with Gasteiger partial charge in [-0.2, -0.15) is 0 Å². The molecule has 0 radical (unpaired) electrons. The standard InChI is InChI=1S/C14H13F2N/c1-17-9-10-8-11(15)6-7-12(10)13-4-2-3-5-14(13)16/h2-8,17H,9H2,1H3. The van der Waals surface area contributed by atoms with Gasteiger partial charge in [0, 0.05) is 12.1 Å². The Hall–Kier alpha value is -1.74. The normalized spacial score (nSPS) is 10.5. The molecule has 0 unspecified atom stereocenters. The SMILES string of the molecule is CNCc1cc(F)ccc1-c1ccccc1F. The van der Waals surface area contributed by atoms with Crippen molar-refractivity contribution in [1.82, 2.24) is 5.32 Å². The highest BCUT2D eigenvalue weighted by molar-refractivity contribution is 5.67. The lowest BCUT2D eigenvalue weighted by molar-refractivity contribution is 0.621. The quantitative estimate of drug-likeness (QED) is 0.857. The van der Waals surface area contributed by atoms with E-state index in [4.69, 9.17) is 0 Å². The number of halogens is 2. The van der Waals surface area contributed by atoms with E-state index >= 15 is 0 Å². The summed E-state index contributed by atoms with van der Waals surface area (Å²) < 4.78 is 26.8. The molecule has 0 aliphatic carbocycles. The smallest absolute Gasteiger partial charge is 0.131 e. The van der Waals surface area contributed by atoms with Crippen LogP contribution in [0, 0.1) is 11.6 Å². The van der Waals surface area contributed by atoms with Gasteiger partial charge in [0.2, 0.25) is 0 Å². The summed E-state index contributed by atoms with van der Waals surface area (Å²) in [6, 6.07) is 10.9. The highest BCUT2D eigenvalue weighted by Gasteiger charge is 2.09. The van der Waals surface area contributed by atoms with Crippen molar-refractivity contribution in [3.8, 4) is 11.1 Å². The number of benzene rings is 2. The summed E-state index contributed by atoms with van der Waals surface area (Å²) in [5.41, 5.74) is 1.97. The summed E-state index contributed by atoms with van der Waals surface area (Å²) in [5.74, 6) is -0.605. The number of hydrogen-bond donors (Lipinski definition) is 1. The molecule has 17 heavy (non-hydrogen) atoms. The Balaban J connectivity index is 2.55. The monoisotopic (exact) mass is 233 g/mol. The van der Waals surface area contributed by atoms with Gasteiger partial charge >= 0.3 is 0 Å². The van der Waals surface area contributed by atoms with Gasteiger partial charge in [-0.3, -0.25) is 0 Å². The van der Waals surface area contributed by atoms with Gasteiger partial charge in [0.1, 0.15) is 11.6 Å². The molecule has 88 valence electrons. The molecule has 0 saturated carbocycles. The maximum atomic E-state index is 13.7. The highest BCUT2D eigenvalue weighted by Crippen LogP contribution is 2.26. The predicted molar refractivity (Wildman–Crippen MR) is 64.6 cm³/mol. The van der Waals surface area contributed by atoms with Crippen LogP contribution in [0.25, 0.3) is 11.1 Å². The van der Waals surface area contributed by atoms with Crippen LogP contribution in [-0.2, 0) is 6.54 Å². The van der Waals surface area contributed by atoms with Crippen LogP contribution in [0.5, 0.6) is 0 Å². The van der Waals surface area contributed by atoms with E-state index in [-0.39, 0.29) is 11.6 Å². The van der Waals surface area contributed by atoms with E-state index in [1.807, 2.05) is 0 Å². The lowest BCUT2D eigenvalue weighted by Gasteiger charge is -2.10. The van der Waals surface area contributed by atoms with Gasteiger partial charge in [0.15, 0.2) is 0 Å². The third-order valence-electron chi connectivity index (χ3n) is 2.60. The van der Waals surface area contributed by atoms with Crippen LogP contribution in [0.4, 0.5) is 8.78 Å². The Morgan fingerprint density at radius 3 is 2.47 bits per heavy atom. The van der Waals surface area contributed by atoms with Crippen LogP contribution in [-0.4, -0.2) is 7.05 Å². The zero-order valence-electron chi connectivity index (χ0n) is 9.50. The third kappa shape index (κ3) is 2.50. The van der Waals surface area contributed by atoms with Crippen molar-refractivity contribution in [2.24, 2.45) is 0 Å². The van der Waals surface area contributed by atoms with Crippen molar-refractivity contribution < 1.29 is 8.78 Å². The average molecular weight is 233 g/mol. The van der Waals surface area contributed by atoms with Gasteiger partial charge in [-0.05, 0) is 36.4 Å². The molecular weight excluding hydrogens is 220 g/mol. The second-order valence-electron chi connectivity index (χ2n) is 3.81. The lowest BCUT2D eigenvalue weighted by atomic mass is 9.99. The molecule has 2 rings (SSSR count). The molecule has 0 fully saturated rings. The molecule has 0 aliphatic heterocycles. The molecule has 0 aromatic heterocycles. The van der Waals surface area contributed by atoms with E-state index in [2.05, 4.69) is 5.32 Å². The van der Waals surface area contributed by atoms with Gasteiger partial charge in [0.05, 0.1) is 0 Å². The zero-order valence-corrected chi connectivity index (χ0v) is 9.50. The molecule has 0 heterocycles. The summed E-state index contributed by atoms with van der Waals surface area (Å²) in [6.45, 7) is 0.501. The molecule has 0 amide bonds. The van der Waals surface area contributed by atoms with E-state index in [1.54, 1.807) is 31.3 Å². The van der Waals surface area contributed by atoms with Crippen LogP contribution >= 0.6 is 0 Å². The second-order valence-corrected chi connectivity index (χ2v) is 3.81. The van der Waals surface area contributed by atoms with Crippen LogP contribution < -0.4 is 5.32 Å². The minimum Gasteiger partial charge on any atom is -0.316 e. The lowest BCUT2D eigenvalue weighted by Crippen LogP contribution is -2.07. The average Bonchev–Trinajstić information content (AvgIpc) is 2.31. The largest absolute Gasteiger partial charge is 0.316 e. The Morgan fingerprint density at radius 1 is 1.00 bits per heavy atom. The Labute approximate surface area is 99.1 Å². The van der Waals surface area contributed by atoms with Crippen LogP contribution in [0.15, 0.2) is 42.5 Å². The summed E-state index contributed by atoms with van der Waals surface area (Å²) in [6.07, 6.45) is 0. The first-order valence-electron chi connectivity index (χ1n) is 5.40. The van der Waals surface area contributed by atoms with E-state index in [0.29, 0.717) is 12.1 Å². The molecule has 0 spiro atoms. The van der Waals surface area contributed by atoms with Crippen molar-refractivity contribution in [2.75, 3.05) is 7.05 Å². The van der Waals surface area contributed by atoms with Gasteiger partial charge in [-0.1, -0.05) is 24.3 Å². The van der Waals surface area contributed by atoms with Gasteiger partial charge < -0.3 is 5.32 Å². The van der Waals surface area contributed by atoms with E-state index in [9.17, 15) is 8.78 Å². The second kappa shape index (κ2) is 5.06. The minimum absolute atomic E-state index is 0.295. The summed E-state index contributed by atoms with van der Waals surface area (Å²) >= 11 is 0. The first kappa shape index (κ1) is 11.7. The number of hydrogen-bond acceptors (Lipinski definition) is 1. The fourth-order valence-electron chi connectivity index (χ4n) is 1.84. The molecule has 1 N–H and O–H groups in total. The Bertz CT molecular complexity index is 523. The van der Waals surface area contributed by atoms with E-state index in [0.717, 1.165) is 11.1 Å². The minimum atomic E-state index is -0.310. The molecule has 3 heteroatoms. The molecular formula is C14H13F2N. The highest BCUT2D eigenvalue weighted by atomic mass is 19.1. The van der Waals surface area contributed by atoms with Gasteiger partial charge in [-0.25, -0.2) is 8.78 Å². The van der Waals surface area contributed by atoms with Crippen LogP contribution in [0.3, 0.4) is 0 Å². The molecule has 1 nitrogen and oxygen atoms in total. The molecule has 0 bridgehead atoms. The van der Waals surface area contributed by atoms with Crippen LogP contribution in [0.1, 0.15) is 5.56 Å². The first-order chi connectivity index (χ1) is 8.22. The fraction of sp³-hybridized carbons (Fsp3) is 0.143. The molecule has 0 saturated heterocycles. The number of rotatable bonds is 3. The predicted octanol–water partition coefficient (Wildman–Crippen LogP) is 3.35. The van der Waals surface area contributed by atoms with E-state index in [1.165, 1.54) is 18.2 Å². The summed E-state index contributed by atoms with van der Waals surface area (Å²) in [4.78, 5) is 0. The topological polar surface area (TPSA) is 12.0 Å². The number of nitrogens with one attached hydrogen (secondary N) is 1. The Kier molecular flexibility index (Phi) is 3.49. The van der Waals surface area contributed by atoms with Crippen molar-refractivity contribution in [3.63, 3.8) is 0 Å². The van der Waals surface area contributed by atoms with Crippen LogP contribution in [0.2, 0.25) is 0 Å². The van der Waals surface area contributed by atoms with E-state index < -0.39 is 0 Å². The first-order valence-corrected chi connectivity index (χ1v) is 5.40. The van der Waals surface area contributed by atoms with Crippen molar-refractivity contribution in [1.29, 1.82) is 0 Å². The molecule has 2 aromatic rings. The van der Waals surface area contributed by atoms with Gasteiger partial charge in [0.25, 0.3) is 0 Å². The van der Waals surface area contributed by atoms with Crippen molar-refractivity contribution >= 4 is 0 Å². The zero-order chi connectivity index (χ0) is 12.3. The van der Waals surface area contributed by atoms with Gasteiger partial charge in [-0.15, -0.1) is 0 Å². The maximum Gasteiger partial charge on any atom is 0.131 e. The molecule has 2 aromatic carbocycles. The maximum absolute atomic E-state index is 13.7. The molecule has 0 aliphatic rings. The molecule has 0 atom stereocenters. The Morgan fingerprint density at radius 2 is 1.76 bits per heavy atom.